The number of hydrogen-bond donors (Lipinski definition) is 4. The quantitative estimate of drug-likeness (QED) is 0.197. The summed E-state index contributed by atoms with van der Waals surface area (Å²) in [4.78, 5) is 39.9. The molecule has 3 fully saturated rings. The van der Waals surface area contributed by atoms with Gasteiger partial charge in [-0.1, -0.05) is 13.8 Å². The Hall–Kier alpha value is -1.77. The maximum absolute atomic E-state index is 14.3. The van der Waals surface area contributed by atoms with Crippen molar-refractivity contribution in [2.75, 3.05) is 0 Å². The highest BCUT2D eigenvalue weighted by molar-refractivity contribution is 6.09. The minimum absolute atomic E-state index is 0.0105. The summed E-state index contributed by atoms with van der Waals surface area (Å²) in [6, 6.07) is 0. The number of allylic oxidation sites excluding steroid dienone is 2. The molecule has 0 radical (unpaired) electrons. The second-order valence-corrected chi connectivity index (χ2v) is 12.4. The van der Waals surface area contributed by atoms with Crippen molar-refractivity contribution in [2.45, 2.75) is 103 Å². The summed E-state index contributed by atoms with van der Waals surface area (Å²) in [5, 5.41) is 44.4. The lowest BCUT2D eigenvalue weighted by Gasteiger charge is -2.52. The summed E-state index contributed by atoms with van der Waals surface area (Å²) in [5.74, 6) is -3.64. The van der Waals surface area contributed by atoms with E-state index in [-0.39, 0.29) is 25.2 Å². The number of Topliss-reactive ketones (excluding diaryl/α,β-unsaturated/α-hetero) is 1. The van der Waals surface area contributed by atoms with E-state index in [4.69, 9.17) is 4.74 Å². The van der Waals surface area contributed by atoms with Gasteiger partial charge in [-0.2, -0.15) is 0 Å². The maximum Gasteiger partial charge on any atom is 0.319 e. The van der Waals surface area contributed by atoms with Gasteiger partial charge in [-0.15, -0.1) is 0 Å². The van der Waals surface area contributed by atoms with Crippen LogP contribution in [0.5, 0.6) is 0 Å². The first-order chi connectivity index (χ1) is 15.3. The molecule has 1 saturated heterocycles. The molecular formula is C26H40O8. The van der Waals surface area contributed by atoms with Gasteiger partial charge in [0.1, 0.15) is 17.3 Å². The number of cyclic esters (lactones) is 1. The number of ether oxygens (including phenoxy) is 1. The number of carbonyl (C=O) groups is 3. The summed E-state index contributed by atoms with van der Waals surface area (Å²) in [7, 11) is 0. The second kappa shape index (κ2) is 8.14. The van der Waals surface area contributed by atoms with E-state index in [1.807, 2.05) is 0 Å². The molecule has 0 amide bonds. The lowest BCUT2D eigenvalue weighted by atomic mass is 9.52. The lowest BCUT2D eigenvalue weighted by molar-refractivity contribution is -0.168. The fraction of sp³-hybridized carbons (Fsp3) is 0.808. The molecule has 0 unspecified atom stereocenters. The Bertz CT molecular complexity index is 908. The minimum Gasteiger partial charge on any atom is -0.511 e. The highest BCUT2D eigenvalue weighted by Crippen LogP contribution is 2.61. The number of hydrogen-bond acceptors (Lipinski definition) is 8. The van der Waals surface area contributed by atoms with E-state index in [1.54, 1.807) is 27.7 Å². The molecule has 1 heterocycles. The van der Waals surface area contributed by atoms with Crippen LogP contribution >= 0.6 is 0 Å². The summed E-state index contributed by atoms with van der Waals surface area (Å²) >= 11 is 0. The third kappa shape index (κ3) is 4.22. The number of esters is 1. The van der Waals surface area contributed by atoms with Crippen LogP contribution in [0, 0.1) is 28.6 Å². The van der Waals surface area contributed by atoms with E-state index >= 15 is 0 Å². The summed E-state index contributed by atoms with van der Waals surface area (Å²) in [6.07, 6.45) is 0.778. The standard InChI is InChI=1S/C26H40O8/c1-14(2)17(27)10-18(28)26(11-16-15(25(7,33)13-26)8-9-24(16,6)32)20(29)23(5)12-19(22(3,4)31)34-21(23)30/h10,14-16,19,28,31-33H,8-9,11-13H2,1-7H3/b18-10-/t15-,16+,19-,23-,24-,25-,26+/m0/s1. The molecule has 34 heavy (non-hydrogen) atoms. The molecule has 3 rings (SSSR count). The van der Waals surface area contributed by atoms with E-state index in [1.165, 1.54) is 20.8 Å². The minimum atomic E-state index is -1.77. The Morgan fingerprint density at radius 2 is 1.68 bits per heavy atom. The fourth-order valence-electron chi connectivity index (χ4n) is 6.35. The summed E-state index contributed by atoms with van der Waals surface area (Å²) < 4.78 is 5.39. The van der Waals surface area contributed by atoms with Gasteiger partial charge in [0.25, 0.3) is 0 Å². The largest absolute Gasteiger partial charge is 0.511 e. The molecule has 7 atom stereocenters. The number of fused-ring (bicyclic) bond motifs is 1. The maximum atomic E-state index is 14.3. The third-order valence-corrected chi connectivity index (χ3v) is 8.63. The molecule has 4 N–H and O–H groups in total. The van der Waals surface area contributed by atoms with Crippen molar-refractivity contribution >= 4 is 17.5 Å². The van der Waals surface area contributed by atoms with Crippen LogP contribution < -0.4 is 0 Å². The molecule has 2 saturated carbocycles. The Morgan fingerprint density at radius 1 is 1.09 bits per heavy atom. The first kappa shape index (κ1) is 26.8. The van der Waals surface area contributed by atoms with E-state index in [2.05, 4.69) is 0 Å². The van der Waals surface area contributed by atoms with Gasteiger partial charge in [0.05, 0.1) is 22.2 Å². The first-order valence-electron chi connectivity index (χ1n) is 12.2. The highest BCUT2D eigenvalue weighted by Gasteiger charge is 2.67. The van der Waals surface area contributed by atoms with Gasteiger partial charge in [0, 0.05) is 18.4 Å². The smallest absolute Gasteiger partial charge is 0.319 e. The molecule has 0 aromatic carbocycles. The van der Waals surface area contributed by atoms with E-state index in [9.17, 15) is 34.8 Å². The van der Waals surface area contributed by atoms with Crippen molar-refractivity contribution in [3.05, 3.63) is 11.8 Å². The Labute approximate surface area is 201 Å². The molecule has 0 bridgehead atoms. The predicted molar refractivity (Wildman–Crippen MR) is 124 cm³/mol. The molecule has 0 spiro atoms. The first-order valence-corrected chi connectivity index (χ1v) is 12.2. The fourth-order valence-corrected chi connectivity index (χ4v) is 6.35. The molecular weight excluding hydrogens is 440 g/mol. The van der Waals surface area contributed by atoms with Crippen LogP contribution in [0.4, 0.5) is 0 Å². The topological polar surface area (TPSA) is 141 Å². The van der Waals surface area contributed by atoms with Crippen molar-refractivity contribution in [1.29, 1.82) is 0 Å². The van der Waals surface area contributed by atoms with Crippen molar-refractivity contribution in [2.24, 2.45) is 28.6 Å². The van der Waals surface area contributed by atoms with Crippen LogP contribution in [0.2, 0.25) is 0 Å². The van der Waals surface area contributed by atoms with Gasteiger partial charge in [0.15, 0.2) is 11.6 Å². The van der Waals surface area contributed by atoms with E-state index < -0.39 is 68.9 Å². The van der Waals surface area contributed by atoms with Gasteiger partial charge in [0.2, 0.25) is 0 Å². The third-order valence-electron chi connectivity index (χ3n) is 8.63. The Balaban J connectivity index is 2.16. The SMILES string of the molecule is CC(C)C(=O)/C=C(\O)[C@@]1(C(=O)[C@]2(C)C[C@@H](C(C)(C)O)OC2=O)C[C@@H]2[C@H](CC[C@]2(C)O)[C@@](C)(O)C1. The Morgan fingerprint density at radius 3 is 2.18 bits per heavy atom. The number of aliphatic hydroxyl groups excluding tert-OH is 1. The van der Waals surface area contributed by atoms with Gasteiger partial charge >= 0.3 is 5.97 Å². The van der Waals surface area contributed by atoms with Crippen molar-refractivity contribution in [3.8, 4) is 0 Å². The normalized spacial score (nSPS) is 43.1. The zero-order valence-corrected chi connectivity index (χ0v) is 21.3. The zero-order valence-electron chi connectivity index (χ0n) is 21.3. The number of carbonyl (C=O) groups excluding carboxylic acids is 3. The molecule has 192 valence electrons. The van der Waals surface area contributed by atoms with Gasteiger partial charge < -0.3 is 25.2 Å². The molecule has 2 aliphatic carbocycles. The van der Waals surface area contributed by atoms with Gasteiger partial charge in [-0.05, 0) is 72.1 Å². The number of aliphatic hydroxyl groups is 4. The monoisotopic (exact) mass is 480 g/mol. The van der Waals surface area contributed by atoms with Crippen molar-refractivity contribution < 1.29 is 39.5 Å². The molecule has 1 aliphatic heterocycles. The van der Waals surface area contributed by atoms with Crippen LogP contribution in [0.3, 0.4) is 0 Å². The lowest BCUT2D eigenvalue weighted by Crippen LogP contribution is -2.58. The average molecular weight is 481 g/mol. The molecule has 0 aromatic heterocycles. The number of ketones is 2. The summed E-state index contributed by atoms with van der Waals surface area (Å²) in [5.41, 5.74) is -7.48. The summed E-state index contributed by atoms with van der Waals surface area (Å²) in [6.45, 7) is 11.0. The van der Waals surface area contributed by atoms with Crippen molar-refractivity contribution in [1.82, 2.24) is 0 Å². The van der Waals surface area contributed by atoms with Crippen molar-refractivity contribution in [3.63, 3.8) is 0 Å². The second-order valence-electron chi connectivity index (χ2n) is 12.4. The van der Waals surface area contributed by atoms with E-state index in [0.717, 1.165) is 6.08 Å². The zero-order chi connectivity index (χ0) is 26.1. The van der Waals surface area contributed by atoms with Crippen LogP contribution in [0.25, 0.3) is 0 Å². The Kier molecular flexibility index (Phi) is 6.42. The molecule has 8 heteroatoms. The van der Waals surface area contributed by atoms with Crippen LogP contribution in [0.1, 0.15) is 80.6 Å². The average Bonchev–Trinajstić information content (AvgIpc) is 3.17. The van der Waals surface area contributed by atoms with Crippen LogP contribution in [0.15, 0.2) is 11.8 Å². The molecule has 0 aromatic rings. The van der Waals surface area contributed by atoms with Crippen LogP contribution in [-0.2, 0) is 19.1 Å². The number of rotatable bonds is 6. The molecule has 8 nitrogen and oxygen atoms in total. The highest BCUT2D eigenvalue weighted by atomic mass is 16.6. The van der Waals surface area contributed by atoms with Gasteiger partial charge in [-0.3, -0.25) is 14.4 Å². The molecule has 3 aliphatic rings. The predicted octanol–water partition coefficient (Wildman–Crippen LogP) is 2.62. The van der Waals surface area contributed by atoms with Crippen LogP contribution in [-0.4, -0.2) is 60.9 Å². The van der Waals surface area contributed by atoms with Gasteiger partial charge in [-0.25, -0.2) is 0 Å². The van der Waals surface area contributed by atoms with E-state index in [0.29, 0.717) is 12.8 Å².